The molecule has 0 atom stereocenters. The number of carboxylic acids is 1. The number of sulfonamides is 1. The molecule has 0 radical (unpaired) electrons. The van der Waals surface area contributed by atoms with Crippen molar-refractivity contribution in [3.63, 3.8) is 0 Å². The molecule has 2 rings (SSSR count). The van der Waals surface area contributed by atoms with Gasteiger partial charge in [-0.3, -0.25) is 4.72 Å². The molecule has 2 aromatic carbocycles. The van der Waals surface area contributed by atoms with Crippen LogP contribution in [0.25, 0.3) is 0 Å². The maximum absolute atomic E-state index is 12.4. The van der Waals surface area contributed by atoms with Crippen molar-refractivity contribution < 1.29 is 69.7 Å². The van der Waals surface area contributed by atoms with Gasteiger partial charge in [-0.1, -0.05) is 40.9 Å². The molecule has 0 aromatic heterocycles. The van der Waals surface area contributed by atoms with Crippen molar-refractivity contribution in [2.45, 2.75) is 4.90 Å². The summed E-state index contributed by atoms with van der Waals surface area (Å²) in [6.07, 6.45) is 0. The summed E-state index contributed by atoms with van der Waals surface area (Å²) in [6.45, 7) is 0. The van der Waals surface area contributed by atoms with Crippen LogP contribution in [0.3, 0.4) is 0 Å². The molecule has 0 bridgehead atoms. The smallest absolute Gasteiger partial charge is 0.545 e. The third kappa shape index (κ3) is 5.32. The molecule has 5 nitrogen and oxygen atoms in total. The van der Waals surface area contributed by atoms with E-state index in [1.165, 1.54) is 18.2 Å². The van der Waals surface area contributed by atoms with Gasteiger partial charge in [0.05, 0.1) is 21.7 Å². The van der Waals surface area contributed by atoms with E-state index < -0.39 is 20.9 Å². The number of carboxylic acid groups (broad SMARTS) is 1. The van der Waals surface area contributed by atoms with Gasteiger partial charge >= 0.3 is 51.4 Å². The Morgan fingerprint density at radius 2 is 1.61 bits per heavy atom. The van der Waals surface area contributed by atoms with Crippen molar-refractivity contribution in [3.05, 3.63) is 57.0 Å². The van der Waals surface area contributed by atoms with Crippen molar-refractivity contribution in [3.8, 4) is 0 Å². The number of carbonyl (C=O) groups excluding carboxylic acids is 1. The average Bonchev–Trinajstić information content (AvgIpc) is 2.42. The normalized spacial score (nSPS) is 10.7. The average molecular weight is 419 g/mol. The first kappa shape index (κ1) is 21.2. The van der Waals surface area contributed by atoms with Gasteiger partial charge in [-0.05, 0) is 35.9 Å². The summed E-state index contributed by atoms with van der Waals surface area (Å²) in [5, 5.41) is 11.1. The molecule has 0 heterocycles. The summed E-state index contributed by atoms with van der Waals surface area (Å²) in [5.41, 5.74) is -0.272. The van der Waals surface area contributed by atoms with E-state index in [4.69, 9.17) is 34.8 Å². The molecule has 0 aliphatic heterocycles. The molecule has 0 unspecified atom stereocenters. The number of aromatic carboxylic acids is 1. The molecule has 0 saturated carbocycles. The molecule has 0 amide bonds. The molecule has 0 saturated heterocycles. The fourth-order valence-electron chi connectivity index (χ4n) is 1.61. The van der Waals surface area contributed by atoms with Gasteiger partial charge in [-0.2, -0.15) is 0 Å². The van der Waals surface area contributed by atoms with E-state index in [1.54, 1.807) is 0 Å². The monoisotopic (exact) mass is 417 g/mol. The van der Waals surface area contributed by atoms with Gasteiger partial charge in [-0.15, -0.1) is 0 Å². The van der Waals surface area contributed by atoms with Gasteiger partial charge in [0.1, 0.15) is 4.90 Å². The van der Waals surface area contributed by atoms with Crippen molar-refractivity contribution in [2.24, 2.45) is 0 Å². The molecule has 10 heteroatoms. The molecule has 23 heavy (non-hydrogen) atoms. The van der Waals surface area contributed by atoms with E-state index in [0.717, 1.165) is 18.2 Å². The van der Waals surface area contributed by atoms with Gasteiger partial charge in [-0.25, -0.2) is 8.42 Å². The molecule has 0 aliphatic rings. The van der Waals surface area contributed by atoms with Crippen molar-refractivity contribution in [1.29, 1.82) is 0 Å². The minimum Gasteiger partial charge on any atom is -0.545 e. The molecule has 2 aromatic rings. The maximum atomic E-state index is 12.4. The number of nitrogens with one attached hydrogen (secondary N) is 1. The zero-order valence-corrected chi connectivity index (χ0v) is 17.8. The van der Waals surface area contributed by atoms with E-state index in [1.807, 2.05) is 0 Å². The van der Waals surface area contributed by atoms with Gasteiger partial charge in [0, 0.05) is 5.02 Å². The van der Waals surface area contributed by atoms with E-state index in [9.17, 15) is 18.3 Å². The van der Waals surface area contributed by atoms with Gasteiger partial charge in [0.25, 0.3) is 10.0 Å². The summed E-state index contributed by atoms with van der Waals surface area (Å²) in [4.78, 5) is 10.4. The van der Waals surface area contributed by atoms with Crippen LogP contribution >= 0.6 is 34.8 Å². The van der Waals surface area contributed by atoms with Crippen LogP contribution in [-0.2, 0) is 10.0 Å². The number of rotatable bonds is 4. The quantitative estimate of drug-likeness (QED) is 0.698. The Balaban J connectivity index is 0.00000264. The van der Waals surface area contributed by atoms with E-state index in [-0.39, 0.29) is 77.7 Å². The van der Waals surface area contributed by atoms with Crippen molar-refractivity contribution in [1.82, 2.24) is 0 Å². The Morgan fingerprint density at radius 1 is 1.00 bits per heavy atom. The zero-order chi connectivity index (χ0) is 16.5. The van der Waals surface area contributed by atoms with Crippen LogP contribution in [0.15, 0.2) is 41.3 Å². The second-order valence-electron chi connectivity index (χ2n) is 4.16. The minimum atomic E-state index is -4.16. The second-order valence-corrected chi connectivity index (χ2v) is 7.06. The predicted molar refractivity (Wildman–Crippen MR) is 83.1 cm³/mol. The fraction of sp³-hybridized carbons (Fsp3) is 0. The third-order valence-corrected chi connectivity index (χ3v) is 5.04. The van der Waals surface area contributed by atoms with Crippen molar-refractivity contribution in [2.75, 3.05) is 4.72 Å². The Labute approximate surface area is 190 Å². The molecular formula is C13H7Cl3KNO4S. The van der Waals surface area contributed by atoms with Gasteiger partial charge < -0.3 is 9.90 Å². The fourth-order valence-corrected chi connectivity index (χ4v) is 3.60. The van der Waals surface area contributed by atoms with Crippen LogP contribution in [0.1, 0.15) is 10.4 Å². The Kier molecular flexibility index (Phi) is 7.84. The Hall–Kier alpha value is 0.166. The SMILES string of the molecule is O=C([O-])c1ccc(Cl)c(S(=O)(=O)Nc2cc(Cl)ccc2Cl)c1.[K+]. The van der Waals surface area contributed by atoms with Crippen molar-refractivity contribution >= 4 is 56.5 Å². The Bertz CT molecular complexity index is 858. The van der Waals surface area contributed by atoms with E-state index in [2.05, 4.69) is 4.72 Å². The molecule has 1 N–H and O–H groups in total. The number of hydrogen-bond donors (Lipinski definition) is 1. The molecule has 0 fully saturated rings. The molecule has 0 spiro atoms. The summed E-state index contributed by atoms with van der Waals surface area (Å²) in [6, 6.07) is 7.42. The number of anilines is 1. The van der Waals surface area contributed by atoms with E-state index in [0.29, 0.717) is 0 Å². The van der Waals surface area contributed by atoms with Crippen LogP contribution in [-0.4, -0.2) is 14.4 Å². The summed E-state index contributed by atoms with van der Waals surface area (Å²) in [7, 11) is -4.16. The van der Waals surface area contributed by atoms with Crippen LogP contribution in [0, 0.1) is 0 Å². The van der Waals surface area contributed by atoms with E-state index >= 15 is 0 Å². The van der Waals surface area contributed by atoms with Crippen LogP contribution in [0.4, 0.5) is 5.69 Å². The van der Waals surface area contributed by atoms with Crippen LogP contribution in [0.5, 0.6) is 0 Å². The zero-order valence-electron chi connectivity index (χ0n) is 11.6. The number of hydrogen-bond acceptors (Lipinski definition) is 4. The summed E-state index contributed by atoms with van der Waals surface area (Å²) in [5.74, 6) is -1.52. The Morgan fingerprint density at radius 3 is 2.22 bits per heavy atom. The topological polar surface area (TPSA) is 86.3 Å². The van der Waals surface area contributed by atoms with Gasteiger partial charge in [0.15, 0.2) is 0 Å². The first-order valence-electron chi connectivity index (χ1n) is 5.69. The summed E-state index contributed by atoms with van der Waals surface area (Å²) >= 11 is 17.5. The predicted octanol–water partition coefficient (Wildman–Crippen LogP) is -0.185. The largest absolute Gasteiger partial charge is 1.00 e. The molecular weight excluding hydrogens is 412 g/mol. The minimum absolute atomic E-state index is 0. The standard InChI is InChI=1S/C13H8Cl3NO4S.K/c14-8-2-4-9(15)11(6-8)17-22(20,21)12-5-7(13(18)19)1-3-10(12)16;/h1-6,17H,(H,18,19);/q;+1/p-1. The number of carbonyl (C=O) groups is 1. The van der Waals surface area contributed by atoms with Crippen LogP contribution < -0.4 is 61.2 Å². The molecule has 116 valence electrons. The number of halogens is 3. The number of benzene rings is 2. The maximum Gasteiger partial charge on any atom is 1.00 e. The second kappa shape index (κ2) is 8.51. The molecule has 0 aliphatic carbocycles. The summed E-state index contributed by atoms with van der Waals surface area (Å²) < 4.78 is 26.9. The third-order valence-electron chi connectivity index (χ3n) is 2.63. The van der Waals surface area contributed by atoms with Gasteiger partial charge in [0.2, 0.25) is 0 Å². The first-order chi connectivity index (χ1) is 10.2. The van der Waals surface area contributed by atoms with Crippen LogP contribution in [0.2, 0.25) is 15.1 Å². The first-order valence-corrected chi connectivity index (χ1v) is 8.31.